The lowest BCUT2D eigenvalue weighted by atomic mass is 9.51. The zero-order valence-electron chi connectivity index (χ0n) is 30.3. The van der Waals surface area contributed by atoms with E-state index < -0.39 is 34.3 Å². The second-order valence-electron chi connectivity index (χ2n) is 16.1. The van der Waals surface area contributed by atoms with Gasteiger partial charge in [0, 0.05) is 35.0 Å². The van der Waals surface area contributed by atoms with Crippen molar-refractivity contribution in [2.24, 2.45) is 11.8 Å². The first-order valence-electron chi connectivity index (χ1n) is 17.4. The van der Waals surface area contributed by atoms with Crippen molar-refractivity contribution in [1.82, 2.24) is 0 Å². The number of Topliss-reactive ketones (excluding diaryl/α,β-unsaturated/α-hetero) is 2. The van der Waals surface area contributed by atoms with E-state index in [4.69, 9.17) is 28.4 Å². The number of benzene rings is 1. The molecule has 0 amide bonds. The summed E-state index contributed by atoms with van der Waals surface area (Å²) in [6.07, 6.45) is 12.3. The maximum absolute atomic E-state index is 15.1. The van der Waals surface area contributed by atoms with Gasteiger partial charge in [-0.2, -0.15) is 0 Å². The normalized spacial score (nSPS) is 33.8. The Labute approximate surface area is 288 Å². The van der Waals surface area contributed by atoms with Crippen molar-refractivity contribution < 1.29 is 42.8 Å². The Morgan fingerprint density at radius 1 is 1.00 bits per heavy atom. The van der Waals surface area contributed by atoms with Gasteiger partial charge in [-0.1, -0.05) is 23.8 Å². The Balaban J connectivity index is 1.43. The van der Waals surface area contributed by atoms with Crippen molar-refractivity contribution >= 4 is 23.6 Å². The van der Waals surface area contributed by atoms with Gasteiger partial charge in [-0.3, -0.25) is 9.59 Å². The highest BCUT2D eigenvalue weighted by molar-refractivity contribution is 6.19. The number of allylic oxidation sites excluding steroid dienone is 3. The summed E-state index contributed by atoms with van der Waals surface area (Å²) in [4.78, 5) is 42.0. The molecule has 8 rings (SSSR count). The van der Waals surface area contributed by atoms with Crippen LogP contribution >= 0.6 is 0 Å². The molecule has 2 saturated heterocycles. The summed E-state index contributed by atoms with van der Waals surface area (Å²) in [5.41, 5.74) is -0.959. The maximum Gasteiger partial charge on any atom is 0.333 e. The average molecular weight is 673 g/mol. The Hall–Kier alpha value is -3.69. The lowest BCUT2D eigenvalue weighted by Gasteiger charge is -2.56. The van der Waals surface area contributed by atoms with Gasteiger partial charge in [0.05, 0.1) is 37.1 Å². The minimum Gasteiger partial charge on any atom is -0.495 e. The van der Waals surface area contributed by atoms with Crippen LogP contribution in [0.5, 0.6) is 17.2 Å². The van der Waals surface area contributed by atoms with Crippen LogP contribution in [0.3, 0.4) is 0 Å². The number of ketones is 2. The van der Waals surface area contributed by atoms with Crippen molar-refractivity contribution in [3.8, 4) is 17.2 Å². The van der Waals surface area contributed by atoms with E-state index in [1.54, 1.807) is 26.2 Å². The van der Waals surface area contributed by atoms with Crippen LogP contribution in [0.1, 0.15) is 103 Å². The molecular weight excluding hydrogens is 624 g/mol. The number of carbonyl (C=O) groups excluding carboxylic acids is 3. The van der Waals surface area contributed by atoms with Crippen LogP contribution in [-0.2, 0) is 30.2 Å². The van der Waals surface area contributed by atoms with E-state index in [0.29, 0.717) is 52.4 Å². The molecule has 0 radical (unpaired) electrons. The molecule has 1 spiro atoms. The summed E-state index contributed by atoms with van der Waals surface area (Å²) in [6, 6.07) is 0. The smallest absolute Gasteiger partial charge is 0.333 e. The average Bonchev–Trinajstić information content (AvgIpc) is 3.63. The Bertz CT molecular complexity index is 1800. The molecule has 4 aliphatic heterocycles. The number of carbonyl (C=O) groups is 3. The van der Waals surface area contributed by atoms with E-state index >= 15 is 4.79 Å². The van der Waals surface area contributed by atoms with Crippen LogP contribution in [0.15, 0.2) is 41.0 Å². The van der Waals surface area contributed by atoms with Crippen LogP contribution < -0.4 is 14.2 Å². The van der Waals surface area contributed by atoms with Gasteiger partial charge in [-0.15, -0.1) is 0 Å². The van der Waals surface area contributed by atoms with Gasteiger partial charge >= 0.3 is 5.97 Å². The quantitative estimate of drug-likeness (QED) is 0.121. The van der Waals surface area contributed by atoms with E-state index in [-0.39, 0.29) is 35.6 Å². The Morgan fingerprint density at radius 2 is 1.71 bits per heavy atom. The summed E-state index contributed by atoms with van der Waals surface area (Å²) in [5.74, 6) is -0.385. The summed E-state index contributed by atoms with van der Waals surface area (Å²) in [7, 11) is 2.88. The van der Waals surface area contributed by atoms with E-state index in [1.807, 2.05) is 39.8 Å². The molecule has 9 heteroatoms. The molecule has 49 heavy (non-hydrogen) atoms. The van der Waals surface area contributed by atoms with Gasteiger partial charge in [0.25, 0.3) is 0 Å². The number of hydrogen-bond donors (Lipinski definition) is 0. The molecule has 1 saturated carbocycles. The molecule has 1 aromatic carbocycles. The number of epoxide rings is 1. The van der Waals surface area contributed by atoms with Crippen LogP contribution in [0.4, 0.5) is 0 Å². The van der Waals surface area contributed by atoms with E-state index in [9.17, 15) is 9.59 Å². The fraction of sp³-hybridized carbons (Fsp3) is 0.575. The van der Waals surface area contributed by atoms with Gasteiger partial charge in [0.2, 0.25) is 0 Å². The molecule has 0 aromatic heterocycles. The highest BCUT2D eigenvalue weighted by atomic mass is 16.6. The molecule has 6 atom stereocenters. The van der Waals surface area contributed by atoms with E-state index in [0.717, 1.165) is 24.0 Å². The molecule has 0 N–H and O–H groups in total. The Kier molecular flexibility index (Phi) is 7.52. The van der Waals surface area contributed by atoms with Gasteiger partial charge in [0.1, 0.15) is 28.4 Å². The second kappa shape index (κ2) is 10.9. The number of ether oxygens (including phenoxy) is 6. The molecule has 262 valence electrons. The van der Waals surface area contributed by atoms with Gasteiger partial charge in [-0.25, -0.2) is 4.79 Å². The minimum atomic E-state index is -1.54. The van der Waals surface area contributed by atoms with Crippen molar-refractivity contribution in [3.05, 3.63) is 57.7 Å². The number of hydrogen-bond acceptors (Lipinski definition) is 9. The molecular formula is C40H48O9. The Morgan fingerprint density at radius 3 is 2.35 bits per heavy atom. The largest absolute Gasteiger partial charge is 0.495 e. The zero-order chi connectivity index (χ0) is 35.5. The molecule has 1 unspecified atom stereocenters. The highest BCUT2D eigenvalue weighted by Gasteiger charge is 2.81. The molecule has 7 aliphatic rings. The molecule has 4 bridgehead atoms. The standard InChI is InChI=1S/C40H48O9/c1-21(2)11-12-24-31-25(14-16-38(8,47-31)17-15-28-37(6,7)46-28)32(44-9)29-30(41)26-19-23-20-27-36(4,5)49-39(34(23)42,40(26,27)48-33(24)29)18-13-22(3)35(43)45-10/h11,13-14,16,19,23,27-28H,12,15,17-18,20H2,1-10H3/b22-13-/t23-,27-,28?,38-,39-,40+/m0/s1. The van der Waals surface area contributed by atoms with E-state index in [1.165, 1.54) is 7.11 Å². The predicted octanol–water partition coefficient (Wildman–Crippen LogP) is 6.84. The molecule has 4 heterocycles. The third kappa shape index (κ3) is 4.74. The number of rotatable bonds is 9. The first-order valence-corrected chi connectivity index (χ1v) is 17.4. The monoisotopic (exact) mass is 672 g/mol. The topological polar surface area (TPSA) is 110 Å². The van der Waals surface area contributed by atoms with Crippen LogP contribution in [0.25, 0.3) is 6.08 Å². The third-order valence-electron chi connectivity index (χ3n) is 11.7. The second-order valence-corrected chi connectivity index (χ2v) is 16.1. The first-order chi connectivity index (χ1) is 22.9. The number of fused-ring (bicyclic) bond motifs is 2. The summed E-state index contributed by atoms with van der Waals surface area (Å²) in [6.45, 7) is 15.9. The number of methoxy groups -OCH3 is 2. The lowest BCUT2D eigenvalue weighted by Crippen LogP contribution is -2.72. The summed E-state index contributed by atoms with van der Waals surface area (Å²) >= 11 is 0. The lowest BCUT2D eigenvalue weighted by molar-refractivity contribution is -0.171. The highest BCUT2D eigenvalue weighted by Crippen LogP contribution is 2.68. The fourth-order valence-electron chi connectivity index (χ4n) is 9.03. The van der Waals surface area contributed by atoms with Crippen molar-refractivity contribution in [2.75, 3.05) is 14.2 Å². The molecule has 1 aromatic rings. The molecule has 3 aliphatic carbocycles. The molecule has 9 nitrogen and oxygen atoms in total. The third-order valence-corrected chi connectivity index (χ3v) is 11.7. The SMILES string of the molecule is COC(=O)/C(C)=C\C[C@@]12OC(C)(C)[C@@H]3C[C@H](C=C4C(=O)c5c(OC)c6c(c(CC=C(C)C)c5O[C@]431)O[C@](C)(CCC1OC1(C)C)C=C6)C2=O. The van der Waals surface area contributed by atoms with Gasteiger partial charge < -0.3 is 28.4 Å². The fourth-order valence-corrected chi connectivity index (χ4v) is 9.03. The van der Waals surface area contributed by atoms with E-state index in [2.05, 4.69) is 26.8 Å². The van der Waals surface area contributed by atoms with Crippen LogP contribution in [0, 0.1) is 11.8 Å². The minimum absolute atomic E-state index is 0.0470. The van der Waals surface area contributed by atoms with Crippen molar-refractivity contribution in [2.45, 2.75) is 122 Å². The molecule has 3 fully saturated rings. The van der Waals surface area contributed by atoms with Gasteiger partial charge in [-0.05, 0) is 93.2 Å². The van der Waals surface area contributed by atoms with Crippen LogP contribution in [0.2, 0.25) is 0 Å². The predicted molar refractivity (Wildman–Crippen MR) is 183 cm³/mol. The maximum atomic E-state index is 15.1. The zero-order valence-corrected chi connectivity index (χ0v) is 30.3. The van der Waals surface area contributed by atoms with Crippen LogP contribution in [-0.4, -0.2) is 65.9 Å². The summed E-state index contributed by atoms with van der Waals surface area (Å²) < 4.78 is 38.0. The first kappa shape index (κ1) is 33.8. The van der Waals surface area contributed by atoms with Crippen molar-refractivity contribution in [3.63, 3.8) is 0 Å². The van der Waals surface area contributed by atoms with Gasteiger partial charge in [0.15, 0.2) is 22.8 Å². The van der Waals surface area contributed by atoms with Crippen molar-refractivity contribution in [1.29, 1.82) is 0 Å². The summed E-state index contributed by atoms with van der Waals surface area (Å²) in [5, 5.41) is 0. The number of esters is 1.